The summed E-state index contributed by atoms with van der Waals surface area (Å²) in [5.41, 5.74) is 1.08. The molecule has 1 aromatic heterocycles. The number of aromatic nitrogens is 3. The van der Waals surface area contributed by atoms with Gasteiger partial charge in [0.15, 0.2) is 16.8 Å². The van der Waals surface area contributed by atoms with Crippen LogP contribution in [0.1, 0.15) is 46.4 Å². The van der Waals surface area contributed by atoms with E-state index in [4.69, 9.17) is 11.6 Å². The number of benzene rings is 2. The van der Waals surface area contributed by atoms with E-state index < -0.39 is 0 Å². The van der Waals surface area contributed by atoms with Crippen LogP contribution in [0.3, 0.4) is 0 Å². The van der Waals surface area contributed by atoms with E-state index in [2.05, 4.69) is 15.5 Å². The number of rotatable bonds is 8. The summed E-state index contributed by atoms with van der Waals surface area (Å²) in [7, 11) is 0. The van der Waals surface area contributed by atoms with E-state index in [0.717, 1.165) is 0 Å². The van der Waals surface area contributed by atoms with Crippen molar-refractivity contribution in [2.24, 2.45) is 0 Å². The van der Waals surface area contributed by atoms with Crippen LogP contribution < -0.4 is 5.32 Å². The van der Waals surface area contributed by atoms with Crippen LogP contribution in [0.5, 0.6) is 0 Å². The minimum absolute atomic E-state index is 0.0304. The SMILES string of the molecule is CCn1c(SCC(=O)c2ccccc2)nnc1[C@@H](C)NC(=O)c1ccccc1Cl. The first-order valence-electron chi connectivity index (χ1n) is 9.20. The van der Waals surface area contributed by atoms with Crippen LogP contribution >= 0.6 is 23.4 Å². The van der Waals surface area contributed by atoms with Gasteiger partial charge in [-0.3, -0.25) is 9.59 Å². The number of Topliss-reactive ketones (excluding diaryl/α,β-unsaturated/α-hetero) is 1. The van der Waals surface area contributed by atoms with E-state index in [1.165, 1.54) is 11.8 Å². The van der Waals surface area contributed by atoms with Crippen LogP contribution in [0.15, 0.2) is 59.8 Å². The molecule has 1 amide bonds. The number of carbonyl (C=O) groups is 2. The summed E-state index contributed by atoms with van der Waals surface area (Å²) in [4.78, 5) is 24.9. The Bertz CT molecular complexity index is 1010. The average molecular weight is 429 g/mol. The van der Waals surface area contributed by atoms with Crippen molar-refractivity contribution in [3.05, 3.63) is 76.6 Å². The number of nitrogens with one attached hydrogen (secondary N) is 1. The molecule has 0 aliphatic rings. The fourth-order valence-corrected chi connectivity index (χ4v) is 3.97. The molecule has 3 aromatic rings. The van der Waals surface area contributed by atoms with E-state index >= 15 is 0 Å². The summed E-state index contributed by atoms with van der Waals surface area (Å²) in [5.74, 6) is 0.648. The lowest BCUT2D eigenvalue weighted by Crippen LogP contribution is -2.29. The molecule has 0 fully saturated rings. The summed E-state index contributed by atoms with van der Waals surface area (Å²) < 4.78 is 1.90. The minimum atomic E-state index is -0.370. The molecular formula is C21H21ClN4O2S. The third-order valence-electron chi connectivity index (χ3n) is 4.34. The van der Waals surface area contributed by atoms with Gasteiger partial charge in [-0.1, -0.05) is 65.8 Å². The van der Waals surface area contributed by atoms with Crippen LogP contribution in [-0.4, -0.2) is 32.2 Å². The fraction of sp³-hybridized carbons (Fsp3) is 0.238. The third kappa shape index (κ3) is 5.05. The second-order valence-corrected chi connectivity index (χ2v) is 7.69. The standard InChI is InChI=1S/C21H21ClN4O2S/c1-3-26-19(14(2)23-20(28)16-11-7-8-12-17(16)22)24-25-21(26)29-13-18(27)15-9-5-4-6-10-15/h4-12,14H,3,13H2,1-2H3,(H,23,28)/t14-/m1/s1. The largest absolute Gasteiger partial charge is 0.342 e. The molecular weight excluding hydrogens is 408 g/mol. The quantitative estimate of drug-likeness (QED) is 0.424. The smallest absolute Gasteiger partial charge is 0.253 e. The van der Waals surface area contributed by atoms with Gasteiger partial charge in [-0.15, -0.1) is 10.2 Å². The highest BCUT2D eigenvalue weighted by atomic mass is 35.5. The zero-order valence-electron chi connectivity index (χ0n) is 16.1. The van der Waals surface area contributed by atoms with Crippen molar-refractivity contribution < 1.29 is 9.59 Å². The van der Waals surface area contributed by atoms with E-state index in [1.54, 1.807) is 36.4 Å². The Kier molecular flexibility index (Phi) is 7.06. The van der Waals surface area contributed by atoms with Crippen molar-refractivity contribution in [3.63, 3.8) is 0 Å². The van der Waals surface area contributed by atoms with Gasteiger partial charge in [-0.05, 0) is 26.0 Å². The zero-order chi connectivity index (χ0) is 20.8. The molecule has 0 spiro atoms. The van der Waals surface area contributed by atoms with Gasteiger partial charge >= 0.3 is 0 Å². The molecule has 8 heteroatoms. The molecule has 0 aliphatic carbocycles. The molecule has 29 heavy (non-hydrogen) atoms. The number of ketones is 1. The highest BCUT2D eigenvalue weighted by Crippen LogP contribution is 2.22. The average Bonchev–Trinajstić information content (AvgIpc) is 3.16. The van der Waals surface area contributed by atoms with Gasteiger partial charge in [0.05, 0.1) is 22.4 Å². The monoisotopic (exact) mass is 428 g/mol. The van der Waals surface area contributed by atoms with Crippen LogP contribution in [0.4, 0.5) is 0 Å². The van der Waals surface area contributed by atoms with Crippen molar-refractivity contribution in [1.82, 2.24) is 20.1 Å². The minimum Gasteiger partial charge on any atom is -0.342 e. The molecule has 0 saturated heterocycles. The maximum Gasteiger partial charge on any atom is 0.253 e. The highest BCUT2D eigenvalue weighted by Gasteiger charge is 2.21. The predicted octanol–water partition coefficient (Wildman–Crippen LogP) is 4.42. The summed E-state index contributed by atoms with van der Waals surface area (Å²) in [6.07, 6.45) is 0. The van der Waals surface area contributed by atoms with Gasteiger partial charge in [0.2, 0.25) is 0 Å². The first-order chi connectivity index (χ1) is 14.0. The molecule has 0 saturated carbocycles. The summed E-state index contributed by atoms with van der Waals surface area (Å²) in [6, 6.07) is 15.7. The lowest BCUT2D eigenvalue weighted by molar-refractivity contribution is 0.0937. The molecule has 1 N–H and O–H groups in total. The van der Waals surface area contributed by atoms with Crippen molar-refractivity contribution in [1.29, 1.82) is 0 Å². The molecule has 3 rings (SSSR count). The molecule has 6 nitrogen and oxygen atoms in total. The van der Waals surface area contributed by atoms with E-state index in [9.17, 15) is 9.59 Å². The Morgan fingerprint density at radius 2 is 1.79 bits per heavy atom. The Labute approximate surface area is 178 Å². The summed E-state index contributed by atoms with van der Waals surface area (Å²) in [5, 5.41) is 12.4. The lowest BCUT2D eigenvalue weighted by Gasteiger charge is -2.15. The van der Waals surface area contributed by atoms with Crippen LogP contribution in [0.25, 0.3) is 0 Å². The normalized spacial score (nSPS) is 11.8. The zero-order valence-corrected chi connectivity index (χ0v) is 17.7. The Morgan fingerprint density at radius 1 is 1.10 bits per heavy atom. The number of thioether (sulfide) groups is 1. The third-order valence-corrected chi connectivity index (χ3v) is 5.64. The van der Waals surface area contributed by atoms with Crippen LogP contribution in [0, 0.1) is 0 Å². The van der Waals surface area contributed by atoms with E-state index in [1.807, 2.05) is 36.6 Å². The van der Waals surface area contributed by atoms with Crippen molar-refractivity contribution in [2.75, 3.05) is 5.75 Å². The van der Waals surface area contributed by atoms with E-state index in [0.29, 0.717) is 33.7 Å². The summed E-state index contributed by atoms with van der Waals surface area (Å²) in [6.45, 7) is 4.43. The first-order valence-corrected chi connectivity index (χ1v) is 10.6. The van der Waals surface area contributed by atoms with Gasteiger partial charge in [0, 0.05) is 12.1 Å². The topological polar surface area (TPSA) is 76.9 Å². The first kappa shape index (κ1) is 21.1. The molecule has 150 valence electrons. The van der Waals surface area contributed by atoms with Crippen molar-refractivity contribution in [2.45, 2.75) is 31.6 Å². The Morgan fingerprint density at radius 3 is 2.48 bits per heavy atom. The second kappa shape index (κ2) is 9.71. The number of hydrogen-bond acceptors (Lipinski definition) is 5. The number of nitrogens with zero attached hydrogens (tertiary/aromatic N) is 3. The van der Waals surface area contributed by atoms with Crippen molar-refractivity contribution in [3.8, 4) is 0 Å². The van der Waals surface area contributed by atoms with Gasteiger partial charge < -0.3 is 9.88 Å². The number of carbonyl (C=O) groups excluding carboxylic acids is 2. The molecule has 1 heterocycles. The predicted molar refractivity (Wildman–Crippen MR) is 115 cm³/mol. The Balaban J connectivity index is 1.69. The van der Waals surface area contributed by atoms with Gasteiger partial charge in [-0.25, -0.2) is 0 Å². The second-order valence-electron chi connectivity index (χ2n) is 6.34. The maximum absolute atomic E-state index is 12.5. The van der Waals surface area contributed by atoms with E-state index in [-0.39, 0.29) is 23.5 Å². The lowest BCUT2D eigenvalue weighted by atomic mass is 10.2. The Hall–Kier alpha value is -2.64. The van der Waals surface area contributed by atoms with Crippen LogP contribution in [0.2, 0.25) is 5.02 Å². The molecule has 0 aliphatic heterocycles. The van der Waals surface area contributed by atoms with Gasteiger partial charge in [0.25, 0.3) is 5.91 Å². The van der Waals surface area contributed by atoms with Crippen molar-refractivity contribution >= 4 is 35.1 Å². The fourth-order valence-electron chi connectivity index (χ4n) is 2.85. The maximum atomic E-state index is 12.5. The van der Waals surface area contributed by atoms with Gasteiger partial charge in [0.1, 0.15) is 0 Å². The molecule has 0 radical (unpaired) electrons. The number of amides is 1. The molecule has 2 aromatic carbocycles. The van der Waals surface area contributed by atoms with Crippen LogP contribution in [-0.2, 0) is 6.54 Å². The molecule has 0 bridgehead atoms. The molecule has 1 atom stereocenters. The molecule has 0 unspecified atom stereocenters. The highest BCUT2D eigenvalue weighted by molar-refractivity contribution is 7.99. The number of halogens is 1. The number of hydrogen-bond donors (Lipinski definition) is 1. The van der Waals surface area contributed by atoms with Gasteiger partial charge in [-0.2, -0.15) is 0 Å². The summed E-state index contributed by atoms with van der Waals surface area (Å²) >= 11 is 7.44.